The Morgan fingerprint density at radius 2 is 2.25 bits per heavy atom. The minimum atomic E-state index is -3.17. The van der Waals surface area contributed by atoms with E-state index in [1.165, 1.54) is 0 Å². The monoisotopic (exact) mass is 243 g/mol. The minimum Gasteiger partial charge on any atom is -0.320 e. The zero-order valence-corrected chi connectivity index (χ0v) is 10.1. The van der Waals surface area contributed by atoms with Crippen molar-refractivity contribution in [3.63, 3.8) is 0 Å². The van der Waals surface area contributed by atoms with Gasteiger partial charge in [0, 0.05) is 18.9 Å². The summed E-state index contributed by atoms with van der Waals surface area (Å²) in [6.07, 6.45) is 3.92. The van der Waals surface area contributed by atoms with Gasteiger partial charge >= 0.3 is 0 Å². The first-order valence-electron chi connectivity index (χ1n) is 5.15. The first-order chi connectivity index (χ1) is 7.64. The molecule has 1 heterocycles. The lowest BCUT2D eigenvalue weighted by Gasteiger charge is -2.06. The number of aromatic nitrogens is 1. The Hall–Kier alpha value is -0.980. The van der Waals surface area contributed by atoms with Crippen molar-refractivity contribution in [1.29, 1.82) is 0 Å². The molecule has 2 N–H and O–H groups in total. The number of nitrogens with one attached hydrogen (secondary N) is 2. The van der Waals surface area contributed by atoms with E-state index in [0.29, 0.717) is 19.5 Å². The highest BCUT2D eigenvalue weighted by Crippen LogP contribution is 1.97. The Labute approximate surface area is 96.3 Å². The molecule has 0 bridgehead atoms. The van der Waals surface area contributed by atoms with Gasteiger partial charge in [-0.1, -0.05) is 6.07 Å². The zero-order chi connectivity index (χ0) is 11.9. The first kappa shape index (κ1) is 13.1. The fourth-order valence-corrected chi connectivity index (χ4v) is 2.26. The molecule has 0 aliphatic heterocycles. The van der Waals surface area contributed by atoms with Crippen molar-refractivity contribution >= 4 is 10.0 Å². The van der Waals surface area contributed by atoms with Crippen LogP contribution in [0.15, 0.2) is 24.5 Å². The summed E-state index contributed by atoms with van der Waals surface area (Å²) in [5.74, 6) is 0.147. The number of hydrogen-bond acceptors (Lipinski definition) is 4. The smallest absolute Gasteiger partial charge is 0.211 e. The van der Waals surface area contributed by atoms with Gasteiger partial charge < -0.3 is 5.32 Å². The van der Waals surface area contributed by atoms with Crippen LogP contribution < -0.4 is 10.0 Å². The van der Waals surface area contributed by atoms with E-state index < -0.39 is 10.0 Å². The second-order valence-corrected chi connectivity index (χ2v) is 5.38. The van der Waals surface area contributed by atoms with Gasteiger partial charge in [-0.25, -0.2) is 13.1 Å². The van der Waals surface area contributed by atoms with Crippen LogP contribution in [0.5, 0.6) is 0 Å². The zero-order valence-electron chi connectivity index (χ0n) is 9.31. The third-order valence-corrected chi connectivity index (χ3v) is 3.47. The molecule has 6 heteroatoms. The molecular weight excluding hydrogens is 226 g/mol. The van der Waals surface area contributed by atoms with Gasteiger partial charge in [0.2, 0.25) is 10.0 Å². The summed E-state index contributed by atoms with van der Waals surface area (Å²) in [5, 5.41) is 2.91. The van der Waals surface area contributed by atoms with Crippen molar-refractivity contribution in [2.45, 2.75) is 13.0 Å². The van der Waals surface area contributed by atoms with E-state index >= 15 is 0 Å². The van der Waals surface area contributed by atoms with Gasteiger partial charge in [-0.3, -0.25) is 4.98 Å². The van der Waals surface area contributed by atoms with Crippen LogP contribution in [-0.4, -0.2) is 32.7 Å². The van der Waals surface area contributed by atoms with Crippen molar-refractivity contribution < 1.29 is 8.42 Å². The van der Waals surface area contributed by atoms with E-state index in [4.69, 9.17) is 0 Å². The fraction of sp³-hybridized carbons (Fsp3) is 0.500. The molecule has 0 aliphatic rings. The van der Waals surface area contributed by atoms with Crippen molar-refractivity contribution in [3.8, 4) is 0 Å². The van der Waals surface area contributed by atoms with E-state index in [2.05, 4.69) is 15.0 Å². The van der Waals surface area contributed by atoms with E-state index in [-0.39, 0.29) is 5.75 Å². The fourth-order valence-electron chi connectivity index (χ4n) is 1.21. The Bertz CT molecular complexity index is 392. The SMILES string of the molecule is CNCCCS(=O)(=O)NCc1cccnc1. The molecule has 0 radical (unpaired) electrons. The number of pyridine rings is 1. The largest absolute Gasteiger partial charge is 0.320 e. The molecular formula is C10H17N3O2S. The number of nitrogens with zero attached hydrogens (tertiary/aromatic N) is 1. The third-order valence-electron chi connectivity index (χ3n) is 2.06. The lowest BCUT2D eigenvalue weighted by atomic mass is 10.3. The molecule has 0 unspecified atom stereocenters. The van der Waals surface area contributed by atoms with E-state index in [1.807, 2.05) is 6.07 Å². The number of sulfonamides is 1. The standard InChI is InChI=1S/C10H17N3O2S/c1-11-5-3-7-16(14,15)13-9-10-4-2-6-12-8-10/h2,4,6,8,11,13H,3,5,7,9H2,1H3. The van der Waals surface area contributed by atoms with Crippen LogP contribution in [0.3, 0.4) is 0 Å². The van der Waals surface area contributed by atoms with Crippen LogP contribution in [-0.2, 0) is 16.6 Å². The molecule has 0 aromatic carbocycles. The molecule has 0 amide bonds. The third kappa shape index (κ3) is 5.20. The van der Waals surface area contributed by atoms with Gasteiger partial charge in [-0.2, -0.15) is 0 Å². The predicted molar refractivity (Wildman–Crippen MR) is 63.4 cm³/mol. The molecule has 1 rings (SSSR count). The molecule has 90 valence electrons. The van der Waals surface area contributed by atoms with E-state index in [9.17, 15) is 8.42 Å². The van der Waals surface area contributed by atoms with E-state index in [0.717, 1.165) is 5.56 Å². The van der Waals surface area contributed by atoms with Crippen LogP contribution in [0.4, 0.5) is 0 Å². The lowest BCUT2D eigenvalue weighted by Crippen LogP contribution is -2.27. The topological polar surface area (TPSA) is 71.1 Å². The molecule has 0 atom stereocenters. The van der Waals surface area contributed by atoms with Gasteiger partial charge in [0.25, 0.3) is 0 Å². The highest BCUT2D eigenvalue weighted by Gasteiger charge is 2.08. The summed E-state index contributed by atoms with van der Waals surface area (Å²) in [7, 11) is -1.37. The second-order valence-electron chi connectivity index (χ2n) is 3.46. The first-order valence-corrected chi connectivity index (χ1v) is 6.80. The highest BCUT2D eigenvalue weighted by molar-refractivity contribution is 7.89. The predicted octanol–water partition coefficient (Wildman–Crippen LogP) is 0.111. The summed E-state index contributed by atoms with van der Waals surface area (Å²) >= 11 is 0. The van der Waals surface area contributed by atoms with Gasteiger partial charge in [-0.05, 0) is 31.6 Å². The van der Waals surface area contributed by atoms with Crippen LogP contribution in [0.2, 0.25) is 0 Å². The molecule has 0 saturated carbocycles. The normalized spacial score (nSPS) is 11.6. The number of hydrogen-bond donors (Lipinski definition) is 2. The maximum atomic E-state index is 11.5. The van der Waals surface area contributed by atoms with Crippen molar-refractivity contribution in [3.05, 3.63) is 30.1 Å². The molecule has 0 fully saturated rings. The Balaban J connectivity index is 2.36. The van der Waals surface area contributed by atoms with Gasteiger partial charge in [0.1, 0.15) is 0 Å². The second kappa shape index (κ2) is 6.57. The summed E-state index contributed by atoms with van der Waals surface area (Å²) in [5.41, 5.74) is 0.861. The lowest BCUT2D eigenvalue weighted by molar-refractivity contribution is 0.577. The molecule has 1 aromatic heterocycles. The van der Waals surface area contributed by atoms with Gasteiger partial charge in [0.05, 0.1) is 5.75 Å². The summed E-state index contributed by atoms with van der Waals surface area (Å²) < 4.78 is 25.6. The summed E-state index contributed by atoms with van der Waals surface area (Å²) in [6, 6.07) is 3.62. The molecule has 16 heavy (non-hydrogen) atoms. The maximum absolute atomic E-state index is 11.5. The molecule has 5 nitrogen and oxygen atoms in total. The van der Waals surface area contributed by atoms with Crippen LogP contribution in [0.25, 0.3) is 0 Å². The molecule has 1 aromatic rings. The molecule has 0 spiro atoms. The summed E-state index contributed by atoms with van der Waals surface area (Å²) in [4.78, 5) is 3.92. The van der Waals surface area contributed by atoms with Crippen LogP contribution >= 0.6 is 0 Å². The molecule has 0 saturated heterocycles. The van der Waals surface area contributed by atoms with Crippen molar-refractivity contribution in [1.82, 2.24) is 15.0 Å². The van der Waals surface area contributed by atoms with Crippen molar-refractivity contribution in [2.24, 2.45) is 0 Å². The van der Waals surface area contributed by atoms with Gasteiger partial charge in [-0.15, -0.1) is 0 Å². The number of rotatable bonds is 7. The van der Waals surface area contributed by atoms with Gasteiger partial charge in [0.15, 0.2) is 0 Å². The molecule has 0 aliphatic carbocycles. The average molecular weight is 243 g/mol. The van der Waals surface area contributed by atoms with Crippen LogP contribution in [0.1, 0.15) is 12.0 Å². The Morgan fingerprint density at radius 1 is 1.44 bits per heavy atom. The highest BCUT2D eigenvalue weighted by atomic mass is 32.2. The van der Waals surface area contributed by atoms with E-state index in [1.54, 1.807) is 25.5 Å². The average Bonchev–Trinajstić information content (AvgIpc) is 2.28. The Kier molecular flexibility index (Phi) is 5.37. The quantitative estimate of drug-likeness (QED) is 0.667. The minimum absolute atomic E-state index is 0.147. The summed E-state index contributed by atoms with van der Waals surface area (Å²) in [6.45, 7) is 1.00. The maximum Gasteiger partial charge on any atom is 0.211 e. The Morgan fingerprint density at radius 3 is 2.88 bits per heavy atom. The van der Waals surface area contributed by atoms with Crippen LogP contribution in [0, 0.1) is 0 Å². The van der Waals surface area contributed by atoms with Crippen molar-refractivity contribution in [2.75, 3.05) is 19.3 Å².